The molecular formula is C23H22N2O4. The molecule has 1 aliphatic rings. The molecule has 1 fully saturated rings. The first-order chi connectivity index (χ1) is 14.0. The van der Waals surface area contributed by atoms with Gasteiger partial charge in [0.2, 0.25) is 5.89 Å². The molecule has 1 unspecified atom stereocenters. The van der Waals surface area contributed by atoms with Crippen LogP contribution in [-0.2, 0) is 4.79 Å². The molecule has 1 aromatic heterocycles. The molecule has 1 N–H and O–H groups in total. The summed E-state index contributed by atoms with van der Waals surface area (Å²) in [6.45, 7) is 2.58. The molecule has 2 aromatic carbocycles. The molecule has 0 radical (unpaired) electrons. The highest BCUT2D eigenvalue weighted by atomic mass is 16.4. The van der Waals surface area contributed by atoms with Gasteiger partial charge in [-0.3, -0.25) is 9.59 Å². The lowest BCUT2D eigenvalue weighted by Crippen LogP contribution is -2.37. The maximum Gasteiger partial charge on any atom is 0.305 e. The highest BCUT2D eigenvalue weighted by molar-refractivity contribution is 6.00. The predicted octanol–water partition coefficient (Wildman–Crippen LogP) is 4.40. The Morgan fingerprint density at radius 2 is 1.93 bits per heavy atom. The Hall–Kier alpha value is -3.41. The number of hydrogen-bond donors (Lipinski definition) is 1. The van der Waals surface area contributed by atoms with Crippen molar-refractivity contribution in [2.24, 2.45) is 0 Å². The van der Waals surface area contributed by atoms with Crippen molar-refractivity contribution in [2.45, 2.75) is 32.2 Å². The number of likely N-dealkylation sites (tertiary alicyclic amines) is 1. The first-order valence-corrected chi connectivity index (χ1v) is 9.68. The van der Waals surface area contributed by atoms with Crippen molar-refractivity contribution in [1.29, 1.82) is 0 Å². The number of rotatable bonds is 5. The van der Waals surface area contributed by atoms with Crippen molar-refractivity contribution in [1.82, 2.24) is 9.88 Å². The van der Waals surface area contributed by atoms with Crippen molar-refractivity contribution in [3.8, 4) is 22.8 Å². The second-order valence-corrected chi connectivity index (χ2v) is 7.33. The van der Waals surface area contributed by atoms with Gasteiger partial charge in [-0.15, -0.1) is 0 Å². The van der Waals surface area contributed by atoms with Gasteiger partial charge in [0.15, 0.2) is 5.76 Å². The van der Waals surface area contributed by atoms with E-state index in [0.29, 0.717) is 35.7 Å². The van der Waals surface area contributed by atoms with Gasteiger partial charge in [0, 0.05) is 23.7 Å². The van der Waals surface area contributed by atoms with E-state index >= 15 is 0 Å². The van der Waals surface area contributed by atoms with Gasteiger partial charge in [-0.1, -0.05) is 42.0 Å². The van der Waals surface area contributed by atoms with Crippen LogP contribution >= 0.6 is 0 Å². The second kappa shape index (κ2) is 7.91. The number of carbonyl (C=O) groups excluding carboxylic acids is 1. The Bertz CT molecular complexity index is 1040. The van der Waals surface area contributed by atoms with Crippen LogP contribution in [0.5, 0.6) is 0 Å². The van der Waals surface area contributed by atoms with Crippen molar-refractivity contribution in [3.63, 3.8) is 0 Å². The lowest BCUT2D eigenvalue weighted by Gasteiger charge is -2.24. The fourth-order valence-electron chi connectivity index (χ4n) is 3.78. The quantitative estimate of drug-likeness (QED) is 0.698. The van der Waals surface area contributed by atoms with Gasteiger partial charge in [0.25, 0.3) is 5.91 Å². The van der Waals surface area contributed by atoms with Crippen LogP contribution in [0.25, 0.3) is 22.8 Å². The van der Waals surface area contributed by atoms with Crippen LogP contribution < -0.4 is 0 Å². The maximum absolute atomic E-state index is 13.2. The summed E-state index contributed by atoms with van der Waals surface area (Å²) < 4.78 is 5.96. The molecule has 1 aliphatic heterocycles. The number of carboxylic acid groups (broad SMARTS) is 1. The van der Waals surface area contributed by atoms with Gasteiger partial charge < -0.3 is 14.4 Å². The molecule has 1 atom stereocenters. The number of aromatic nitrogens is 1. The standard InChI is InChI=1S/C23H22N2O4/c1-15-8-10-16(11-9-15)20-14-24-22(29-20)18-6-2-3-7-19(18)23(28)25-12-4-5-17(25)13-21(26)27/h2-3,6-11,14,17H,4-5,12-13H2,1H3,(H,26,27). The molecular weight excluding hydrogens is 368 g/mol. The average Bonchev–Trinajstić information content (AvgIpc) is 3.37. The zero-order chi connectivity index (χ0) is 20.4. The van der Waals surface area contributed by atoms with Crippen LogP contribution in [0.1, 0.15) is 35.2 Å². The molecule has 4 rings (SSSR count). The number of hydrogen-bond acceptors (Lipinski definition) is 4. The van der Waals surface area contributed by atoms with E-state index in [0.717, 1.165) is 17.5 Å². The Kier molecular flexibility index (Phi) is 5.16. The second-order valence-electron chi connectivity index (χ2n) is 7.33. The van der Waals surface area contributed by atoms with Gasteiger partial charge in [0.1, 0.15) is 0 Å². The van der Waals surface area contributed by atoms with E-state index in [1.54, 1.807) is 29.3 Å². The number of aryl methyl sites for hydroxylation is 1. The Labute approximate surface area is 168 Å². The zero-order valence-electron chi connectivity index (χ0n) is 16.2. The van der Waals surface area contributed by atoms with E-state index in [1.807, 2.05) is 37.3 Å². The molecule has 6 heteroatoms. The van der Waals surface area contributed by atoms with Crippen LogP contribution in [-0.4, -0.2) is 39.5 Å². The fraction of sp³-hybridized carbons (Fsp3) is 0.261. The third kappa shape index (κ3) is 3.92. The Balaban J connectivity index is 1.64. The van der Waals surface area contributed by atoms with E-state index in [2.05, 4.69) is 4.98 Å². The summed E-state index contributed by atoms with van der Waals surface area (Å²) in [4.78, 5) is 30.4. The number of nitrogens with zero attached hydrogens (tertiary/aromatic N) is 2. The molecule has 0 aliphatic carbocycles. The van der Waals surface area contributed by atoms with Gasteiger partial charge in [-0.25, -0.2) is 4.98 Å². The molecule has 3 aromatic rings. The molecule has 6 nitrogen and oxygen atoms in total. The smallest absolute Gasteiger partial charge is 0.305 e. The van der Waals surface area contributed by atoms with E-state index in [-0.39, 0.29) is 18.4 Å². The molecule has 1 amide bonds. The highest BCUT2D eigenvalue weighted by Gasteiger charge is 2.32. The lowest BCUT2D eigenvalue weighted by atomic mass is 10.0. The summed E-state index contributed by atoms with van der Waals surface area (Å²) >= 11 is 0. The molecule has 0 spiro atoms. The van der Waals surface area contributed by atoms with Crippen LogP contribution in [0.4, 0.5) is 0 Å². The lowest BCUT2D eigenvalue weighted by molar-refractivity contribution is -0.137. The summed E-state index contributed by atoms with van der Waals surface area (Å²) in [7, 11) is 0. The Morgan fingerprint density at radius 3 is 2.69 bits per heavy atom. The average molecular weight is 390 g/mol. The SMILES string of the molecule is Cc1ccc(-c2cnc(-c3ccccc3C(=O)N3CCCC3CC(=O)O)o2)cc1. The van der Waals surface area contributed by atoms with E-state index in [1.165, 1.54) is 0 Å². The number of carboxylic acids is 1. The number of amides is 1. The largest absolute Gasteiger partial charge is 0.481 e. The number of aliphatic carboxylic acids is 1. The van der Waals surface area contributed by atoms with Crippen LogP contribution in [0, 0.1) is 6.92 Å². The molecule has 148 valence electrons. The maximum atomic E-state index is 13.2. The van der Waals surface area contributed by atoms with Crippen LogP contribution in [0.3, 0.4) is 0 Å². The number of benzene rings is 2. The monoisotopic (exact) mass is 390 g/mol. The van der Waals surface area contributed by atoms with E-state index < -0.39 is 5.97 Å². The van der Waals surface area contributed by atoms with Crippen LogP contribution in [0.2, 0.25) is 0 Å². The number of oxazole rings is 1. The van der Waals surface area contributed by atoms with Gasteiger partial charge in [-0.05, 0) is 31.9 Å². The van der Waals surface area contributed by atoms with Gasteiger partial charge in [-0.2, -0.15) is 0 Å². The molecule has 1 saturated heterocycles. The first-order valence-electron chi connectivity index (χ1n) is 9.68. The summed E-state index contributed by atoms with van der Waals surface area (Å²) in [5.74, 6) is -0.0662. The fourth-order valence-corrected chi connectivity index (χ4v) is 3.78. The highest BCUT2D eigenvalue weighted by Crippen LogP contribution is 2.31. The summed E-state index contributed by atoms with van der Waals surface area (Å²) in [5, 5.41) is 9.14. The normalized spacial score (nSPS) is 16.2. The minimum absolute atomic E-state index is 0.0372. The third-order valence-electron chi connectivity index (χ3n) is 5.28. The molecule has 0 saturated carbocycles. The van der Waals surface area contributed by atoms with Crippen LogP contribution in [0.15, 0.2) is 59.1 Å². The summed E-state index contributed by atoms with van der Waals surface area (Å²) in [6, 6.07) is 14.8. The molecule has 0 bridgehead atoms. The van der Waals surface area contributed by atoms with E-state index in [4.69, 9.17) is 9.52 Å². The van der Waals surface area contributed by atoms with Crippen molar-refractivity contribution < 1.29 is 19.1 Å². The van der Waals surface area contributed by atoms with Gasteiger partial charge in [0.05, 0.1) is 18.2 Å². The van der Waals surface area contributed by atoms with Crippen molar-refractivity contribution in [2.75, 3.05) is 6.54 Å². The predicted molar refractivity (Wildman–Crippen MR) is 108 cm³/mol. The summed E-state index contributed by atoms with van der Waals surface area (Å²) in [5.41, 5.74) is 3.16. The first kappa shape index (κ1) is 18.9. The molecule has 29 heavy (non-hydrogen) atoms. The number of carbonyl (C=O) groups is 2. The van der Waals surface area contributed by atoms with Gasteiger partial charge >= 0.3 is 5.97 Å². The minimum Gasteiger partial charge on any atom is -0.481 e. The Morgan fingerprint density at radius 1 is 1.17 bits per heavy atom. The van der Waals surface area contributed by atoms with Crippen molar-refractivity contribution >= 4 is 11.9 Å². The zero-order valence-corrected chi connectivity index (χ0v) is 16.2. The summed E-state index contributed by atoms with van der Waals surface area (Å²) in [6.07, 6.45) is 3.13. The minimum atomic E-state index is -0.890. The topological polar surface area (TPSA) is 83.6 Å². The van der Waals surface area contributed by atoms with E-state index in [9.17, 15) is 9.59 Å². The third-order valence-corrected chi connectivity index (χ3v) is 5.28. The van der Waals surface area contributed by atoms with Crippen molar-refractivity contribution in [3.05, 3.63) is 65.9 Å². The molecule has 2 heterocycles.